The van der Waals surface area contributed by atoms with Crippen LogP contribution in [0.5, 0.6) is 0 Å². The lowest BCUT2D eigenvalue weighted by Crippen LogP contribution is -2.11. The van der Waals surface area contributed by atoms with Gasteiger partial charge in [0.15, 0.2) is 22.4 Å². The largest absolute Gasteiger partial charge is 0.367 e. The monoisotopic (exact) mass is 235 g/mol. The predicted molar refractivity (Wildman–Crippen MR) is 59.8 cm³/mol. The van der Waals surface area contributed by atoms with Crippen LogP contribution in [-0.4, -0.2) is 16.5 Å². The van der Waals surface area contributed by atoms with Crippen LogP contribution in [0.2, 0.25) is 5.15 Å². The van der Waals surface area contributed by atoms with Crippen molar-refractivity contribution in [2.24, 2.45) is 5.92 Å². The van der Waals surface area contributed by atoms with Gasteiger partial charge in [-0.15, -0.1) is 0 Å². The predicted octanol–water partition coefficient (Wildman–Crippen LogP) is 1.94. The van der Waals surface area contributed by atoms with Gasteiger partial charge in [0.05, 0.1) is 0 Å². The van der Waals surface area contributed by atoms with Crippen LogP contribution in [0.1, 0.15) is 25.2 Å². The number of hydrogen-bond donors (Lipinski definition) is 1. The highest BCUT2D eigenvalue weighted by Crippen LogP contribution is 2.18. The molecule has 0 radical (unpaired) electrons. The van der Waals surface area contributed by atoms with Crippen molar-refractivity contribution in [1.29, 1.82) is 10.5 Å². The van der Waals surface area contributed by atoms with E-state index in [1.165, 1.54) is 0 Å². The Kier molecular flexibility index (Phi) is 4.04. The van der Waals surface area contributed by atoms with E-state index in [-0.39, 0.29) is 16.5 Å². The van der Waals surface area contributed by atoms with Crippen molar-refractivity contribution in [3.05, 3.63) is 16.5 Å². The van der Waals surface area contributed by atoms with Crippen LogP contribution < -0.4 is 5.32 Å². The molecule has 6 heteroatoms. The van der Waals surface area contributed by atoms with Crippen LogP contribution in [-0.2, 0) is 0 Å². The fourth-order valence-corrected chi connectivity index (χ4v) is 1.18. The van der Waals surface area contributed by atoms with Gasteiger partial charge in [-0.05, 0) is 5.92 Å². The molecule has 0 aliphatic rings. The average Bonchev–Trinajstić information content (AvgIpc) is 2.26. The van der Waals surface area contributed by atoms with E-state index < -0.39 is 0 Å². The average molecular weight is 236 g/mol. The van der Waals surface area contributed by atoms with Crippen molar-refractivity contribution in [3.63, 3.8) is 0 Å². The third kappa shape index (κ3) is 2.82. The topological polar surface area (TPSA) is 85.4 Å². The minimum absolute atomic E-state index is 0.0156. The minimum atomic E-state index is -0.0532. The second-order valence-corrected chi connectivity index (χ2v) is 3.92. The summed E-state index contributed by atoms with van der Waals surface area (Å²) in [6.07, 6.45) is 0. The molecule has 0 amide bonds. The van der Waals surface area contributed by atoms with Crippen molar-refractivity contribution in [3.8, 4) is 12.1 Å². The minimum Gasteiger partial charge on any atom is -0.367 e. The van der Waals surface area contributed by atoms with Crippen LogP contribution in [0.3, 0.4) is 0 Å². The third-order valence-corrected chi connectivity index (χ3v) is 2.01. The van der Waals surface area contributed by atoms with E-state index in [1.54, 1.807) is 12.1 Å². The number of nitriles is 2. The smallest absolute Gasteiger partial charge is 0.179 e. The summed E-state index contributed by atoms with van der Waals surface area (Å²) in [5.41, 5.74) is -0.0687. The van der Waals surface area contributed by atoms with E-state index in [2.05, 4.69) is 15.3 Å². The molecule has 82 valence electrons. The maximum Gasteiger partial charge on any atom is 0.179 e. The number of rotatable bonds is 3. The van der Waals surface area contributed by atoms with E-state index in [0.717, 1.165) is 0 Å². The summed E-state index contributed by atoms with van der Waals surface area (Å²) in [5.74, 6) is 0.755. The van der Waals surface area contributed by atoms with Crippen molar-refractivity contribution in [2.75, 3.05) is 11.9 Å². The molecule has 0 spiro atoms. The molecular weight excluding hydrogens is 226 g/mol. The number of nitrogens with one attached hydrogen (secondary N) is 1. The summed E-state index contributed by atoms with van der Waals surface area (Å²) in [7, 11) is 0. The molecule has 0 bridgehead atoms. The first-order valence-electron chi connectivity index (χ1n) is 4.70. The van der Waals surface area contributed by atoms with Gasteiger partial charge in [-0.1, -0.05) is 25.4 Å². The zero-order valence-electron chi connectivity index (χ0n) is 8.95. The number of aromatic nitrogens is 2. The molecule has 0 saturated carbocycles. The van der Waals surface area contributed by atoms with Crippen molar-refractivity contribution >= 4 is 17.4 Å². The molecule has 0 saturated heterocycles. The molecule has 0 aliphatic heterocycles. The Morgan fingerprint density at radius 3 is 2.31 bits per heavy atom. The molecule has 0 unspecified atom stereocenters. The van der Waals surface area contributed by atoms with Gasteiger partial charge in [0.1, 0.15) is 12.1 Å². The van der Waals surface area contributed by atoms with Gasteiger partial charge in [-0.3, -0.25) is 0 Å². The van der Waals surface area contributed by atoms with Crippen LogP contribution in [0, 0.1) is 28.6 Å². The lowest BCUT2D eigenvalue weighted by Gasteiger charge is -2.09. The van der Waals surface area contributed by atoms with E-state index >= 15 is 0 Å². The Labute approximate surface area is 98.7 Å². The highest BCUT2D eigenvalue weighted by atomic mass is 35.5. The number of anilines is 1. The first-order valence-corrected chi connectivity index (χ1v) is 5.08. The summed E-state index contributed by atoms with van der Waals surface area (Å²) in [6.45, 7) is 4.73. The molecule has 1 aromatic heterocycles. The molecule has 16 heavy (non-hydrogen) atoms. The first kappa shape index (κ1) is 12.2. The van der Waals surface area contributed by atoms with Crippen LogP contribution >= 0.6 is 11.6 Å². The van der Waals surface area contributed by atoms with Crippen molar-refractivity contribution < 1.29 is 0 Å². The highest BCUT2D eigenvalue weighted by molar-refractivity contribution is 6.31. The summed E-state index contributed by atoms with van der Waals surface area (Å²) in [6, 6.07) is 3.58. The fraction of sp³-hybridized carbons (Fsp3) is 0.400. The molecule has 1 heterocycles. The standard InChI is InChI=1S/C10H10ClN5/c1-6(2)5-14-10-9(11)15-7(3-12)8(4-13)16-10/h6H,5H2,1-2H3,(H,14,16). The molecule has 0 atom stereocenters. The molecule has 1 N–H and O–H groups in total. The van der Waals surface area contributed by atoms with Crippen molar-refractivity contribution in [2.45, 2.75) is 13.8 Å². The summed E-state index contributed by atoms with van der Waals surface area (Å²) >= 11 is 5.82. The Morgan fingerprint density at radius 2 is 1.81 bits per heavy atom. The first-order chi connectivity index (χ1) is 7.58. The number of hydrogen-bond acceptors (Lipinski definition) is 5. The Morgan fingerprint density at radius 1 is 1.25 bits per heavy atom. The van der Waals surface area contributed by atoms with Gasteiger partial charge < -0.3 is 5.32 Å². The molecular formula is C10H10ClN5. The van der Waals surface area contributed by atoms with Crippen LogP contribution in [0.4, 0.5) is 5.82 Å². The molecule has 0 fully saturated rings. The normalized spacial score (nSPS) is 9.62. The summed E-state index contributed by atoms with van der Waals surface area (Å²) in [4.78, 5) is 7.74. The molecule has 1 aromatic rings. The van der Waals surface area contributed by atoms with Gasteiger partial charge in [0, 0.05) is 6.54 Å². The summed E-state index contributed by atoms with van der Waals surface area (Å²) in [5, 5.41) is 20.5. The second kappa shape index (κ2) is 5.29. The lowest BCUT2D eigenvalue weighted by atomic mass is 10.2. The van der Waals surface area contributed by atoms with Gasteiger partial charge in [-0.2, -0.15) is 10.5 Å². The Bertz CT molecular complexity index is 469. The third-order valence-electron chi connectivity index (χ3n) is 1.74. The zero-order valence-corrected chi connectivity index (χ0v) is 9.71. The number of halogens is 1. The van der Waals surface area contributed by atoms with Crippen LogP contribution in [0.25, 0.3) is 0 Å². The Hall–Kier alpha value is -1.85. The van der Waals surface area contributed by atoms with Crippen LogP contribution in [0.15, 0.2) is 0 Å². The summed E-state index contributed by atoms with van der Waals surface area (Å²) < 4.78 is 0. The van der Waals surface area contributed by atoms with Gasteiger partial charge in [-0.25, -0.2) is 9.97 Å². The fourth-order valence-electron chi connectivity index (χ4n) is 0.984. The second-order valence-electron chi connectivity index (χ2n) is 3.56. The van der Waals surface area contributed by atoms with E-state index in [0.29, 0.717) is 18.3 Å². The lowest BCUT2D eigenvalue weighted by molar-refractivity contribution is 0.686. The molecule has 0 aliphatic carbocycles. The van der Waals surface area contributed by atoms with Gasteiger partial charge in [0.2, 0.25) is 0 Å². The zero-order chi connectivity index (χ0) is 12.1. The molecule has 1 rings (SSSR count). The maximum absolute atomic E-state index is 8.77. The van der Waals surface area contributed by atoms with E-state index in [4.69, 9.17) is 22.1 Å². The van der Waals surface area contributed by atoms with E-state index in [1.807, 2.05) is 13.8 Å². The number of nitrogens with zero attached hydrogens (tertiary/aromatic N) is 4. The molecule has 0 aromatic carbocycles. The maximum atomic E-state index is 8.77. The quantitative estimate of drug-likeness (QED) is 0.865. The SMILES string of the molecule is CC(C)CNc1nc(C#N)c(C#N)nc1Cl. The molecule has 5 nitrogen and oxygen atoms in total. The van der Waals surface area contributed by atoms with Gasteiger partial charge >= 0.3 is 0 Å². The van der Waals surface area contributed by atoms with Gasteiger partial charge in [0.25, 0.3) is 0 Å². The van der Waals surface area contributed by atoms with Crippen molar-refractivity contribution in [1.82, 2.24) is 9.97 Å². The highest BCUT2D eigenvalue weighted by Gasteiger charge is 2.11. The Balaban J connectivity index is 3.04. The van der Waals surface area contributed by atoms with E-state index in [9.17, 15) is 0 Å².